The van der Waals surface area contributed by atoms with Gasteiger partial charge in [-0.1, -0.05) is 45.0 Å². The first-order valence-corrected chi connectivity index (χ1v) is 10.8. The van der Waals surface area contributed by atoms with E-state index in [1.165, 1.54) is 16.7 Å². The zero-order valence-corrected chi connectivity index (χ0v) is 19.2. The maximum Gasteiger partial charge on any atom is 0.224 e. The standard InChI is InChI=1S/C26H35NO2/c1-9-10-21(28)27-24-16(4)17(5)25-22(18(24)6)23(26(7,8)29-25)20-13-11-19(12-14-20)15(2)3/h11-15,23H,9-10H2,1-8H3,(H,27,28). The lowest BCUT2D eigenvalue weighted by Gasteiger charge is -2.27. The summed E-state index contributed by atoms with van der Waals surface area (Å²) in [6, 6.07) is 8.94. The quantitative estimate of drug-likeness (QED) is 0.608. The van der Waals surface area contributed by atoms with Crippen LogP contribution in [0.3, 0.4) is 0 Å². The van der Waals surface area contributed by atoms with Crippen LogP contribution in [0.5, 0.6) is 5.75 Å². The van der Waals surface area contributed by atoms with Crippen molar-refractivity contribution in [1.29, 1.82) is 0 Å². The van der Waals surface area contributed by atoms with Gasteiger partial charge in [0.25, 0.3) is 0 Å². The number of anilines is 1. The molecule has 1 amide bonds. The Morgan fingerprint density at radius 2 is 1.69 bits per heavy atom. The Hall–Kier alpha value is -2.29. The predicted octanol–water partition coefficient (Wildman–Crippen LogP) is 6.78. The van der Waals surface area contributed by atoms with Gasteiger partial charge in [-0.25, -0.2) is 0 Å². The average molecular weight is 394 g/mol. The molecule has 156 valence electrons. The molecule has 0 fully saturated rings. The molecule has 0 saturated carbocycles. The van der Waals surface area contributed by atoms with Crippen molar-refractivity contribution in [1.82, 2.24) is 0 Å². The number of amides is 1. The van der Waals surface area contributed by atoms with E-state index in [9.17, 15) is 4.79 Å². The predicted molar refractivity (Wildman–Crippen MR) is 121 cm³/mol. The zero-order valence-electron chi connectivity index (χ0n) is 19.2. The molecule has 0 aromatic heterocycles. The number of carbonyl (C=O) groups excluding carboxylic acids is 1. The summed E-state index contributed by atoms with van der Waals surface area (Å²) < 4.78 is 6.53. The first-order valence-electron chi connectivity index (χ1n) is 10.8. The molecule has 3 nitrogen and oxygen atoms in total. The first kappa shape index (κ1) is 21.4. The van der Waals surface area contributed by atoms with Crippen LogP contribution in [-0.2, 0) is 4.79 Å². The molecule has 2 aromatic carbocycles. The Bertz CT molecular complexity index is 923. The molecule has 1 aliphatic heterocycles. The molecule has 1 aliphatic rings. The number of hydrogen-bond donors (Lipinski definition) is 1. The smallest absolute Gasteiger partial charge is 0.224 e. The van der Waals surface area contributed by atoms with Gasteiger partial charge in [0.2, 0.25) is 5.91 Å². The largest absolute Gasteiger partial charge is 0.486 e. The van der Waals surface area contributed by atoms with E-state index in [4.69, 9.17) is 4.74 Å². The summed E-state index contributed by atoms with van der Waals surface area (Å²) in [5.74, 6) is 1.70. The number of fused-ring (bicyclic) bond motifs is 1. The summed E-state index contributed by atoms with van der Waals surface area (Å²) in [6.07, 6.45) is 1.38. The lowest BCUT2D eigenvalue weighted by Crippen LogP contribution is -2.31. The van der Waals surface area contributed by atoms with Gasteiger partial charge in [-0.2, -0.15) is 0 Å². The summed E-state index contributed by atoms with van der Waals surface area (Å²) >= 11 is 0. The second kappa shape index (κ2) is 7.85. The SMILES string of the molecule is CCCC(=O)Nc1c(C)c(C)c2c(c1C)C(c1ccc(C(C)C)cc1)C(C)(C)O2. The van der Waals surface area contributed by atoms with Crippen molar-refractivity contribution in [2.24, 2.45) is 0 Å². The monoisotopic (exact) mass is 393 g/mol. The van der Waals surface area contributed by atoms with E-state index >= 15 is 0 Å². The summed E-state index contributed by atoms with van der Waals surface area (Å²) in [5, 5.41) is 3.18. The highest BCUT2D eigenvalue weighted by Gasteiger charge is 2.45. The van der Waals surface area contributed by atoms with Gasteiger partial charge in [-0.05, 0) is 74.8 Å². The van der Waals surface area contributed by atoms with Crippen LogP contribution in [0.25, 0.3) is 0 Å². The minimum absolute atomic E-state index is 0.0778. The van der Waals surface area contributed by atoms with Gasteiger partial charge < -0.3 is 10.1 Å². The minimum Gasteiger partial charge on any atom is -0.486 e. The Morgan fingerprint density at radius 3 is 2.24 bits per heavy atom. The Morgan fingerprint density at radius 1 is 1.07 bits per heavy atom. The van der Waals surface area contributed by atoms with Gasteiger partial charge >= 0.3 is 0 Å². The van der Waals surface area contributed by atoms with Crippen LogP contribution in [0.4, 0.5) is 5.69 Å². The fourth-order valence-electron chi connectivity index (χ4n) is 4.55. The molecule has 1 heterocycles. The highest BCUT2D eigenvalue weighted by atomic mass is 16.5. The second-order valence-electron chi connectivity index (χ2n) is 9.25. The minimum atomic E-state index is -0.351. The molecule has 0 aliphatic carbocycles. The molecular weight excluding hydrogens is 358 g/mol. The fraction of sp³-hybridized carbons (Fsp3) is 0.500. The van der Waals surface area contributed by atoms with Crippen LogP contribution >= 0.6 is 0 Å². The van der Waals surface area contributed by atoms with Crippen LogP contribution < -0.4 is 10.1 Å². The number of ether oxygens (including phenoxy) is 1. The third kappa shape index (κ3) is 3.80. The number of carbonyl (C=O) groups is 1. The molecule has 29 heavy (non-hydrogen) atoms. The number of nitrogens with one attached hydrogen (secondary N) is 1. The van der Waals surface area contributed by atoms with Crippen molar-refractivity contribution in [2.45, 2.75) is 85.7 Å². The lowest BCUT2D eigenvalue weighted by molar-refractivity contribution is -0.116. The highest BCUT2D eigenvalue weighted by Crippen LogP contribution is 2.53. The summed E-state index contributed by atoms with van der Waals surface area (Å²) in [5.41, 5.74) is 7.74. The van der Waals surface area contributed by atoms with Gasteiger partial charge in [0.15, 0.2) is 0 Å². The maximum absolute atomic E-state index is 12.4. The molecular formula is C26H35NO2. The molecule has 1 atom stereocenters. The van der Waals surface area contributed by atoms with Crippen molar-refractivity contribution in [2.75, 3.05) is 5.32 Å². The van der Waals surface area contributed by atoms with E-state index in [0.29, 0.717) is 12.3 Å². The summed E-state index contributed by atoms with van der Waals surface area (Å²) in [4.78, 5) is 12.4. The van der Waals surface area contributed by atoms with Crippen LogP contribution in [0, 0.1) is 20.8 Å². The Kier molecular flexibility index (Phi) is 5.80. The molecule has 0 bridgehead atoms. The Balaban J connectivity index is 2.15. The van der Waals surface area contributed by atoms with Gasteiger partial charge in [0, 0.05) is 17.7 Å². The molecule has 0 radical (unpaired) electrons. The van der Waals surface area contributed by atoms with Crippen LogP contribution in [0.1, 0.15) is 92.7 Å². The van der Waals surface area contributed by atoms with Gasteiger partial charge in [-0.15, -0.1) is 0 Å². The molecule has 3 rings (SSSR count). The van der Waals surface area contributed by atoms with Gasteiger partial charge in [-0.3, -0.25) is 4.79 Å². The topological polar surface area (TPSA) is 38.3 Å². The van der Waals surface area contributed by atoms with Crippen molar-refractivity contribution < 1.29 is 9.53 Å². The van der Waals surface area contributed by atoms with Crippen molar-refractivity contribution >= 4 is 11.6 Å². The number of hydrogen-bond acceptors (Lipinski definition) is 2. The van der Waals surface area contributed by atoms with Gasteiger partial charge in [0.05, 0.1) is 5.92 Å². The molecule has 1 N–H and O–H groups in total. The molecule has 2 aromatic rings. The third-order valence-corrected chi connectivity index (χ3v) is 6.33. The van der Waals surface area contributed by atoms with E-state index in [2.05, 4.69) is 78.0 Å². The second-order valence-corrected chi connectivity index (χ2v) is 9.25. The van der Waals surface area contributed by atoms with E-state index < -0.39 is 0 Å². The van der Waals surface area contributed by atoms with Crippen molar-refractivity contribution in [3.05, 3.63) is 57.6 Å². The Labute approximate surface area is 175 Å². The maximum atomic E-state index is 12.4. The lowest BCUT2D eigenvalue weighted by atomic mass is 9.78. The van der Waals surface area contributed by atoms with Crippen LogP contribution in [-0.4, -0.2) is 11.5 Å². The highest BCUT2D eigenvalue weighted by molar-refractivity contribution is 5.93. The van der Waals surface area contributed by atoms with E-state index in [1.54, 1.807) is 0 Å². The molecule has 1 unspecified atom stereocenters. The first-order chi connectivity index (χ1) is 13.6. The number of benzene rings is 2. The van der Waals surface area contributed by atoms with E-state index in [1.807, 2.05) is 6.92 Å². The zero-order chi connectivity index (χ0) is 21.5. The molecule has 0 saturated heterocycles. The van der Waals surface area contributed by atoms with E-state index in [-0.39, 0.29) is 17.4 Å². The molecule has 0 spiro atoms. The van der Waals surface area contributed by atoms with Crippen molar-refractivity contribution in [3.63, 3.8) is 0 Å². The summed E-state index contributed by atoms with van der Waals surface area (Å²) in [6.45, 7) is 17.1. The fourth-order valence-corrected chi connectivity index (χ4v) is 4.55. The van der Waals surface area contributed by atoms with Crippen LogP contribution in [0.15, 0.2) is 24.3 Å². The summed E-state index contributed by atoms with van der Waals surface area (Å²) in [7, 11) is 0. The van der Waals surface area contributed by atoms with Crippen molar-refractivity contribution in [3.8, 4) is 5.75 Å². The number of rotatable bonds is 5. The third-order valence-electron chi connectivity index (χ3n) is 6.33. The van der Waals surface area contributed by atoms with Crippen LogP contribution in [0.2, 0.25) is 0 Å². The normalized spacial score (nSPS) is 17.2. The van der Waals surface area contributed by atoms with Gasteiger partial charge in [0.1, 0.15) is 11.4 Å². The average Bonchev–Trinajstić information content (AvgIpc) is 2.95. The molecule has 3 heteroatoms. The van der Waals surface area contributed by atoms with E-state index in [0.717, 1.165) is 34.5 Å².